The predicted octanol–water partition coefficient (Wildman–Crippen LogP) is 0.501. The maximum absolute atomic E-state index is 11.8. The average Bonchev–Trinajstić information content (AvgIpc) is 2.39. The first-order valence-electron chi connectivity index (χ1n) is 5.68. The largest absolute Gasteiger partial charge is 0.480 e. The number of hydrogen-bond donors (Lipinski definition) is 2. The van der Waals surface area contributed by atoms with Crippen molar-refractivity contribution in [2.45, 2.75) is 13.0 Å². The third kappa shape index (κ3) is 2.98. The zero-order chi connectivity index (χ0) is 13.8. The topological polar surface area (TPSA) is 98.2 Å². The molecule has 0 fully saturated rings. The first-order chi connectivity index (χ1) is 9.08. The van der Waals surface area contributed by atoms with E-state index in [4.69, 9.17) is 10.8 Å². The first-order valence-corrected chi connectivity index (χ1v) is 5.68. The van der Waals surface area contributed by atoms with E-state index in [0.29, 0.717) is 12.2 Å². The third-order valence-electron chi connectivity index (χ3n) is 2.65. The summed E-state index contributed by atoms with van der Waals surface area (Å²) >= 11 is 0. The van der Waals surface area contributed by atoms with Crippen LogP contribution in [0.2, 0.25) is 0 Å². The van der Waals surface area contributed by atoms with Crippen LogP contribution < -0.4 is 11.3 Å². The molecule has 3 N–H and O–H groups in total. The Morgan fingerprint density at radius 3 is 2.63 bits per heavy atom. The molecule has 2 rings (SSSR count). The molecule has 0 saturated heterocycles. The molecule has 1 heterocycles. The van der Waals surface area contributed by atoms with Crippen LogP contribution in [0.5, 0.6) is 0 Å². The van der Waals surface area contributed by atoms with Gasteiger partial charge in [-0.25, -0.2) is 4.98 Å². The van der Waals surface area contributed by atoms with Crippen LogP contribution >= 0.6 is 0 Å². The van der Waals surface area contributed by atoms with Gasteiger partial charge in [-0.3, -0.25) is 14.2 Å². The molecule has 0 spiro atoms. The number of nitrogens with two attached hydrogens (primary N) is 1. The number of anilines is 1. The lowest BCUT2D eigenvalue weighted by molar-refractivity contribution is -0.137. The Balaban J connectivity index is 2.42. The maximum atomic E-state index is 11.8. The van der Waals surface area contributed by atoms with Crippen molar-refractivity contribution >= 4 is 11.7 Å². The monoisotopic (exact) mass is 259 g/mol. The summed E-state index contributed by atoms with van der Waals surface area (Å²) < 4.78 is 1.09. The SMILES string of the molecule is Nc1cnc(Cc2ccccc2)n(CC(=O)O)c1=O. The molecule has 2 aromatic rings. The van der Waals surface area contributed by atoms with Gasteiger partial charge in [0, 0.05) is 6.42 Å². The van der Waals surface area contributed by atoms with Gasteiger partial charge in [0.25, 0.3) is 5.56 Å². The number of aliphatic carboxylic acids is 1. The summed E-state index contributed by atoms with van der Waals surface area (Å²) in [7, 11) is 0. The molecule has 0 atom stereocenters. The molecule has 0 saturated carbocycles. The van der Waals surface area contributed by atoms with Crippen LogP contribution in [0.1, 0.15) is 11.4 Å². The number of carbonyl (C=O) groups is 1. The molecule has 1 aromatic heterocycles. The second-order valence-corrected chi connectivity index (χ2v) is 4.08. The number of carboxylic acid groups (broad SMARTS) is 1. The Morgan fingerprint density at radius 2 is 2.00 bits per heavy atom. The minimum absolute atomic E-state index is 0.0574. The zero-order valence-corrected chi connectivity index (χ0v) is 10.1. The highest BCUT2D eigenvalue weighted by molar-refractivity contribution is 5.66. The van der Waals surface area contributed by atoms with Crippen molar-refractivity contribution < 1.29 is 9.90 Å². The number of rotatable bonds is 4. The Hall–Kier alpha value is -2.63. The quantitative estimate of drug-likeness (QED) is 0.833. The molecule has 0 aliphatic carbocycles. The van der Waals surface area contributed by atoms with E-state index in [9.17, 15) is 9.59 Å². The number of benzene rings is 1. The van der Waals surface area contributed by atoms with Crippen molar-refractivity contribution in [3.63, 3.8) is 0 Å². The molecule has 98 valence electrons. The van der Waals surface area contributed by atoms with Crippen molar-refractivity contribution in [1.29, 1.82) is 0 Å². The summed E-state index contributed by atoms with van der Waals surface area (Å²) in [6.07, 6.45) is 1.64. The molecule has 0 radical (unpaired) electrons. The fourth-order valence-corrected chi connectivity index (χ4v) is 1.76. The van der Waals surface area contributed by atoms with E-state index in [1.807, 2.05) is 30.3 Å². The molecule has 19 heavy (non-hydrogen) atoms. The van der Waals surface area contributed by atoms with Gasteiger partial charge in [0.2, 0.25) is 0 Å². The van der Waals surface area contributed by atoms with Gasteiger partial charge in [0.1, 0.15) is 18.1 Å². The normalized spacial score (nSPS) is 10.3. The summed E-state index contributed by atoms with van der Waals surface area (Å²) in [5, 5.41) is 8.84. The van der Waals surface area contributed by atoms with E-state index < -0.39 is 18.1 Å². The summed E-state index contributed by atoms with van der Waals surface area (Å²) in [5.41, 5.74) is 5.83. The Morgan fingerprint density at radius 1 is 1.32 bits per heavy atom. The highest BCUT2D eigenvalue weighted by atomic mass is 16.4. The van der Waals surface area contributed by atoms with E-state index in [0.717, 1.165) is 10.1 Å². The highest BCUT2D eigenvalue weighted by Gasteiger charge is 2.11. The summed E-state index contributed by atoms with van der Waals surface area (Å²) in [5.74, 6) is -0.725. The molecule has 6 heteroatoms. The second-order valence-electron chi connectivity index (χ2n) is 4.08. The molecule has 1 aromatic carbocycles. The first kappa shape index (κ1) is 12.8. The number of hydrogen-bond acceptors (Lipinski definition) is 4. The van der Waals surface area contributed by atoms with Gasteiger partial charge < -0.3 is 10.8 Å². The van der Waals surface area contributed by atoms with Gasteiger partial charge in [-0.05, 0) is 5.56 Å². The zero-order valence-electron chi connectivity index (χ0n) is 10.1. The van der Waals surface area contributed by atoms with Crippen LogP contribution in [0.4, 0.5) is 5.69 Å². The standard InChI is InChI=1S/C13H13N3O3/c14-10-7-15-11(6-9-4-2-1-3-5-9)16(13(10)19)8-12(17)18/h1-5,7H,6,8,14H2,(H,17,18). The molecular weight excluding hydrogens is 246 g/mol. The molecule has 0 aliphatic rings. The van der Waals surface area contributed by atoms with Crippen molar-refractivity contribution in [2.24, 2.45) is 0 Å². The van der Waals surface area contributed by atoms with Crippen LogP contribution in [-0.4, -0.2) is 20.6 Å². The Bertz CT molecular complexity index is 650. The molecule has 0 amide bonds. The smallest absolute Gasteiger partial charge is 0.323 e. The Kier molecular flexibility index (Phi) is 3.61. The molecule has 0 bridgehead atoms. The Labute approximate surface area is 109 Å². The lowest BCUT2D eigenvalue weighted by Gasteiger charge is -2.10. The minimum Gasteiger partial charge on any atom is -0.480 e. The average molecular weight is 259 g/mol. The predicted molar refractivity (Wildman–Crippen MR) is 69.8 cm³/mol. The number of nitrogens with zero attached hydrogens (tertiary/aromatic N) is 2. The van der Waals surface area contributed by atoms with Gasteiger partial charge in [0.05, 0.1) is 6.20 Å². The number of aromatic nitrogens is 2. The van der Waals surface area contributed by atoms with Crippen LogP contribution in [0.15, 0.2) is 41.3 Å². The molecule has 0 aliphatic heterocycles. The fourth-order valence-electron chi connectivity index (χ4n) is 1.76. The summed E-state index contributed by atoms with van der Waals surface area (Å²) in [6.45, 7) is -0.445. The van der Waals surface area contributed by atoms with E-state index in [1.165, 1.54) is 6.20 Å². The third-order valence-corrected chi connectivity index (χ3v) is 2.65. The van der Waals surface area contributed by atoms with Gasteiger partial charge in [0.15, 0.2) is 0 Å². The van der Waals surface area contributed by atoms with Crippen LogP contribution in [0.3, 0.4) is 0 Å². The summed E-state index contributed by atoms with van der Waals surface area (Å²) in [6, 6.07) is 9.38. The summed E-state index contributed by atoms with van der Waals surface area (Å²) in [4.78, 5) is 26.7. The molecule has 0 unspecified atom stereocenters. The fraction of sp³-hybridized carbons (Fsp3) is 0.154. The van der Waals surface area contributed by atoms with Gasteiger partial charge in [-0.1, -0.05) is 30.3 Å². The van der Waals surface area contributed by atoms with Gasteiger partial charge in [-0.2, -0.15) is 0 Å². The van der Waals surface area contributed by atoms with Crippen molar-refractivity contribution in [1.82, 2.24) is 9.55 Å². The van der Waals surface area contributed by atoms with Crippen molar-refractivity contribution in [3.05, 3.63) is 58.3 Å². The van der Waals surface area contributed by atoms with E-state index >= 15 is 0 Å². The lowest BCUT2D eigenvalue weighted by atomic mass is 10.1. The van der Waals surface area contributed by atoms with E-state index in [2.05, 4.69) is 4.98 Å². The maximum Gasteiger partial charge on any atom is 0.323 e. The molecule has 6 nitrogen and oxygen atoms in total. The van der Waals surface area contributed by atoms with Crippen molar-refractivity contribution in [2.75, 3.05) is 5.73 Å². The van der Waals surface area contributed by atoms with Crippen molar-refractivity contribution in [3.8, 4) is 0 Å². The minimum atomic E-state index is -1.11. The number of nitrogen functional groups attached to an aromatic ring is 1. The highest BCUT2D eigenvalue weighted by Crippen LogP contribution is 2.06. The van der Waals surface area contributed by atoms with E-state index in [1.54, 1.807) is 0 Å². The van der Waals surface area contributed by atoms with E-state index in [-0.39, 0.29) is 5.69 Å². The van der Waals surface area contributed by atoms with Crippen LogP contribution in [0.25, 0.3) is 0 Å². The number of carboxylic acids is 1. The van der Waals surface area contributed by atoms with Crippen LogP contribution in [-0.2, 0) is 17.8 Å². The second kappa shape index (κ2) is 5.34. The van der Waals surface area contributed by atoms with Gasteiger partial charge in [-0.15, -0.1) is 0 Å². The van der Waals surface area contributed by atoms with Crippen LogP contribution in [0, 0.1) is 0 Å². The lowest BCUT2D eigenvalue weighted by Crippen LogP contribution is -2.30. The molecular formula is C13H13N3O3. The van der Waals surface area contributed by atoms with Gasteiger partial charge >= 0.3 is 5.97 Å².